The lowest BCUT2D eigenvalue weighted by atomic mass is 9.83. The number of hydrogen-bond acceptors (Lipinski definition) is 5. The van der Waals surface area contributed by atoms with Crippen LogP contribution in [0.25, 0.3) is 0 Å². The van der Waals surface area contributed by atoms with E-state index >= 15 is 0 Å². The monoisotopic (exact) mass is 359 g/mol. The first-order valence-corrected chi connectivity index (χ1v) is 9.20. The SMILES string of the molecule is O=C(CCO)N1CC2(C1)CN(C(=O)c1ccccc1)C[C@H]1C[C@@H](O)CN12. The lowest BCUT2D eigenvalue weighted by molar-refractivity contribution is -0.154. The van der Waals surface area contributed by atoms with Crippen molar-refractivity contribution in [3.8, 4) is 0 Å². The summed E-state index contributed by atoms with van der Waals surface area (Å²) in [7, 11) is 0. The van der Waals surface area contributed by atoms with Gasteiger partial charge in [0, 0.05) is 50.7 Å². The molecule has 1 aromatic rings. The fourth-order valence-corrected chi connectivity index (χ4v) is 4.71. The topological polar surface area (TPSA) is 84.3 Å². The molecule has 7 heteroatoms. The second kappa shape index (κ2) is 6.64. The highest BCUT2D eigenvalue weighted by Gasteiger charge is 2.57. The van der Waals surface area contributed by atoms with Crippen LogP contribution in [0.3, 0.4) is 0 Å². The number of piperazine rings is 1. The lowest BCUT2D eigenvalue weighted by Crippen LogP contribution is -2.79. The number of nitrogens with zero attached hydrogens (tertiary/aromatic N) is 3. The molecule has 3 aliphatic rings. The third kappa shape index (κ3) is 2.90. The van der Waals surface area contributed by atoms with Gasteiger partial charge < -0.3 is 20.0 Å². The Bertz CT molecular complexity index is 689. The van der Waals surface area contributed by atoms with Crippen LogP contribution in [0, 0.1) is 0 Å². The summed E-state index contributed by atoms with van der Waals surface area (Å²) in [6.45, 7) is 2.72. The number of rotatable bonds is 3. The van der Waals surface area contributed by atoms with Gasteiger partial charge >= 0.3 is 0 Å². The smallest absolute Gasteiger partial charge is 0.253 e. The van der Waals surface area contributed by atoms with E-state index in [9.17, 15) is 14.7 Å². The number of aliphatic hydroxyl groups excluding tert-OH is 2. The van der Waals surface area contributed by atoms with Gasteiger partial charge in [-0.1, -0.05) is 18.2 Å². The van der Waals surface area contributed by atoms with Crippen LogP contribution in [0.4, 0.5) is 0 Å². The van der Waals surface area contributed by atoms with Crippen molar-refractivity contribution in [1.82, 2.24) is 14.7 Å². The van der Waals surface area contributed by atoms with Crippen LogP contribution in [-0.2, 0) is 4.79 Å². The number of hydrogen-bond donors (Lipinski definition) is 2. The molecule has 7 nitrogen and oxygen atoms in total. The van der Waals surface area contributed by atoms with Crippen LogP contribution in [0.1, 0.15) is 23.2 Å². The van der Waals surface area contributed by atoms with Crippen molar-refractivity contribution < 1.29 is 19.8 Å². The van der Waals surface area contributed by atoms with Crippen LogP contribution >= 0.6 is 0 Å². The summed E-state index contributed by atoms with van der Waals surface area (Å²) in [6.07, 6.45) is 0.408. The van der Waals surface area contributed by atoms with E-state index in [0.717, 1.165) is 0 Å². The zero-order valence-electron chi connectivity index (χ0n) is 14.8. The fourth-order valence-electron chi connectivity index (χ4n) is 4.71. The first-order chi connectivity index (χ1) is 12.5. The van der Waals surface area contributed by atoms with Gasteiger partial charge in [-0.05, 0) is 18.6 Å². The molecule has 2 atom stereocenters. The maximum absolute atomic E-state index is 12.9. The van der Waals surface area contributed by atoms with Gasteiger partial charge in [0.25, 0.3) is 5.91 Å². The molecule has 1 spiro atoms. The summed E-state index contributed by atoms with van der Waals surface area (Å²) in [5.41, 5.74) is 0.387. The Kier molecular flexibility index (Phi) is 4.46. The average Bonchev–Trinajstić information content (AvgIpc) is 2.99. The Morgan fingerprint density at radius 3 is 2.46 bits per heavy atom. The number of benzene rings is 1. The molecular formula is C19H25N3O4. The van der Waals surface area contributed by atoms with Crippen LogP contribution < -0.4 is 0 Å². The maximum Gasteiger partial charge on any atom is 0.253 e. The summed E-state index contributed by atoms with van der Waals surface area (Å²) < 4.78 is 0. The molecule has 0 saturated carbocycles. The molecule has 0 bridgehead atoms. The fraction of sp³-hybridized carbons (Fsp3) is 0.579. The van der Waals surface area contributed by atoms with Gasteiger partial charge in [0.2, 0.25) is 5.91 Å². The number of carbonyl (C=O) groups is 2. The Labute approximate surface area is 152 Å². The highest BCUT2D eigenvalue weighted by molar-refractivity contribution is 5.94. The Morgan fingerprint density at radius 1 is 1.08 bits per heavy atom. The van der Waals surface area contributed by atoms with Crippen molar-refractivity contribution in [2.45, 2.75) is 30.5 Å². The van der Waals surface area contributed by atoms with Gasteiger partial charge in [-0.25, -0.2) is 0 Å². The second-order valence-electron chi connectivity index (χ2n) is 7.70. The van der Waals surface area contributed by atoms with Crippen LogP contribution in [0.15, 0.2) is 30.3 Å². The molecule has 4 rings (SSSR count). The van der Waals surface area contributed by atoms with Gasteiger partial charge in [0.05, 0.1) is 18.2 Å². The molecular weight excluding hydrogens is 334 g/mol. The first-order valence-electron chi connectivity index (χ1n) is 9.20. The molecule has 2 N–H and O–H groups in total. The molecule has 1 aromatic carbocycles. The Balaban J connectivity index is 1.54. The first kappa shape index (κ1) is 17.5. The molecule has 3 aliphatic heterocycles. The molecule has 3 fully saturated rings. The summed E-state index contributed by atoms with van der Waals surface area (Å²) >= 11 is 0. The predicted octanol–water partition coefficient (Wildman–Crippen LogP) is -0.459. The van der Waals surface area contributed by atoms with E-state index in [-0.39, 0.29) is 42.5 Å². The second-order valence-corrected chi connectivity index (χ2v) is 7.70. The van der Waals surface area contributed by atoms with Crippen molar-refractivity contribution >= 4 is 11.8 Å². The van der Waals surface area contributed by atoms with Crippen molar-refractivity contribution in [1.29, 1.82) is 0 Å². The van der Waals surface area contributed by atoms with Crippen molar-refractivity contribution in [3.05, 3.63) is 35.9 Å². The lowest BCUT2D eigenvalue weighted by Gasteiger charge is -2.60. The molecule has 3 saturated heterocycles. The van der Waals surface area contributed by atoms with E-state index in [4.69, 9.17) is 5.11 Å². The standard InChI is InChI=1S/C19H25N3O4/c23-7-6-17(25)21-12-19(13-21)11-20(9-15-8-16(24)10-22(15)19)18(26)14-4-2-1-3-5-14/h1-5,15-16,23-24H,6-13H2/t15-,16-/m1/s1. The molecule has 0 radical (unpaired) electrons. The largest absolute Gasteiger partial charge is 0.396 e. The minimum Gasteiger partial charge on any atom is -0.396 e. The number of likely N-dealkylation sites (tertiary alicyclic amines) is 1. The zero-order valence-corrected chi connectivity index (χ0v) is 14.8. The van der Waals surface area contributed by atoms with Crippen LogP contribution in [0.5, 0.6) is 0 Å². The van der Waals surface area contributed by atoms with Gasteiger partial charge in [0.15, 0.2) is 0 Å². The molecule has 140 valence electrons. The van der Waals surface area contributed by atoms with Gasteiger partial charge in [0.1, 0.15) is 0 Å². The van der Waals surface area contributed by atoms with E-state index in [1.54, 1.807) is 4.90 Å². The van der Waals surface area contributed by atoms with Crippen molar-refractivity contribution in [2.75, 3.05) is 39.3 Å². The highest BCUT2D eigenvalue weighted by Crippen LogP contribution is 2.39. The van der Waals surface area contributed by atoms with E-state index in [1.165, 1.54) is 0 Å². The normalized spacial score (nSPS) is 27.3. The van der Waals surface area contributed by atoms with Gasteiger partial charge in [-0.2, -0.15) is 0 Å². The molecule has 0 aliphatic carbocycles. The summed E-state index contributed by atoms with van der Waals surface area (Å²) in [4.78, 5) is 30.9. The molecule has 26 heavy (non-hydrogen) atoms. The Hall–Kier alpha value is -1.96. The predicted molar refractivity (Wildman–Crippen MR) is 94.5 cm³/mol. The molecule has 3 heterocycles. The summed E-state index contributed by atoms with van der Waals surface area (Å²) in [5, 5.41) is 19.1. The molecule has 0 aromatic heterocycles. The highest BCUT2D eigenvalue weighted by atomic mass is 16.3. The Morgan fingerprint density at radius 2 is 1.77 bits per heavy atom. The summed E-state index contributed by atoms with van der Waals surface area (Å²) in [6, 6.07) is 9.38. The van der Waals surface area contributed by atoms with Crippen molar-refractivity contribution in [2.24, 2.45) is 0 Å². The van der Waals surface area contributed by atoms with E-state index in [2.05, 4.69) is 4.90 Å². The number of amides is 2. The summed E-state index contributed by atoms with van der Waals surface area (Å²) in [5.74, 6) is -0.0490. The van der Waals surface area contributed by atoms with Crippen molar-refractivity contribution in [3.63, 3.8) is 0 Å². The van der Waals surface area contributed by atoms with Gasteiger partial charge in [-0.3, -0.25) is 14.5 Å². The van der Waals surface area contributed by atoms with E-state index in [1.807, 2.05) is 35.2 Å². The number of carbonyl (C=O) groups excluding carboxylic acids is 2. The maximum atomic E-state index is 12.9. The average molecular weight is 359 g/mol. The third-order valence-corrected chi connectivity index (χ3v) is 5.87. The third-order valence-electron chi connectivity index (χ3n) is 5.87. The molecule has 0 unspecified atom stereocenters. The van der Waals surface area contributed by atoms with E-state index in [0.29, 0.717) is 44.7 Å². The van der Waals surface area contributed by atoms with Crippen LogP contribution in [-0.4, -0.2) is 93.7 Å². The minimum absolute atomic E-state index is 0.00569. The number of aliphatic hydroxyl groups is 2. The van der Waals surface area contributed by atoms with Crippen LogP contribution in [0.2, 0.25) is 0 Å². The zero-order chi connectivity index (χ0) is 18.3. The minimum atomic E-state index is -0.383. The quantitative estimate of drug-likeness (QED) is 0.763. The number of β-amino-alcohol motifs (C(OH)–C–C–N with tert-alkyl or cyclic N) is 1. The number of fused-ring (bicyclic) bond motifs is 2. The molecule has 2 amide bonds. The van der Waals surface area contributed by atoms with Gasteiger partial charge in [-0.15, -0.1) is 0 Å². The van der Waals surface area contributed by atoms with E-state index < -0.39 is 0 Å².